The van der Waals surface area contributed by atoms with Crippen molar-refractivity contribution in [1.29, 1.82) is 0 Å². The number of nitrogens with one attached hydrogen (secondary N) is 1. The summed E-state index contributed by atoms with van der Waals surface area (Å²) in [6.45, 7) is 1.62. The Hall–Kier alpha value is -1.43. The van der Waals surface area contributed by atoms with Gasteiger partial charge in [-0.3, -0.25) is 4.79 Å². The molecule has 0 saturated heterocycles. The summed E-state index contributed by atoms with van der Waals surface area (Å²) in [7, 11) is 0. The van der Waals surface area contributed by atoms with Gasteiger partial charge in [-0.1, -0.05) is 13.0 Å². The molecular weight excluding hydrogens is 293 g/mol. The number of benzene rings is 1. The Morgan fingerprint density at radius 3 is 2.65 bits per heavy atom. The second-order valence-electron chi connectivity index (χ2n) is 3.37. The summed E-state index contributed by atoms with van der Waals surface area (Å²) in [6, 6.07) is 3.08. The third kappa shape index (κ3) is 3.26. The first-order valence-corrected chi connectivity index (χ1v) is 5.74. The summed E-state index contributed by atoms with van der Waals surface area (Å²) in [5.41, 5.74) is -0.188. The first-order valence-electron chi connectivity index (χ1n) is 4.95. The second kappa shape index (κ2) is 5.77. The third-order valence-corrected chi connectivity index (χ3v) is 2.86. The molecule has 0 fully saturated rings. The largest absolute Gasteiger partial charge is 0.480 e. The lowest BCUT2D eigenvalue weighted by Gasteiger charge is -2.13. The Labute approximate surface area is 106 Å². The number of carbonyl (C=O) groups excluding carboxylic acids is 1. The monoisotopic (exact) mass is 303 g/mol. The molecule has 0 bridgehead atoms. The lowest BCUT2D eigenvalue weighted by atomic mass is 10.1. The molecule has 0 radical (unpaired) electrons. The quantitative estimate of drug-likeness (QED) is 0.896. The van der Waals surface area contributed by atoms with E-state index in [-0.39, 0.29) is 16.5 Å². The number of hydrogen-bond donors (Lipinski definition) is 2. The summed E-state index contributed by atoms with van der Waals surface area (Å²) in [4.78, 5) is 22.5. The maximum Gasteiger partial charge on any atom is 0.326 e. The smallest absolute Gasteiger partial charge is 0.326 e. The van der Waals surface area contributed by atoms with Gasteiger partial charge in [0.05, 0.1) is 5.56 Å². The lowest BCUT2D eigenvalue weighted by Crippen LogP contribution is -2.40. The fraction of sp³-hybridized carbons (Fsp3) is 0.273. The molecular formula is C11H11BrFNO3. The topological polar surface area (TPSA) is 66.4 Å². The van der Waals surface area contributed by atoms with Crippen molar-refractivity contribution >= 4 is 27.8 Å². The van der Waals surface area contributed by atoms with Gasteiger partial charge < -0.3 is 10.4 Å². The van der Waals surface area contributed by atoms with Crippen LogP contribution in [0.2, 0.25) is 0 Å². The van der Waals surface area contributed by atoms with Crippen LogP contribution in [-0.2, 0) is 4.79 Å². The van der Waals surface area contributed by atoms with Crippen LogP contribution in [0.3, 0.4) is 0 Å². The summed E-state index contributed by atoms with van der Waals surface area (Å²) < 4.78 is 13.7. The summed E-state index contributed by atoms with van der Waals surface area (Å²) in [5, 5.41) is 11.0. The first kappa shape index (κ1) is 13.6. The molecule has 0 saturated carbocycles. The van der Waals surface area contributed by atoms with Crippen molar-refractivity contribution in [3.63, 3.8) is 0 Å². The minimum atomic E-state index is -1.15. The molecule has 0 aliphatic heterocycles. The van der Waals surface area contributed by atoms with Crippen molar-refractivity contribution < 1.29 is 19.1 Å². The highest BCUT2D eigenvalue weighted by molar-refractivity contribution is 9.10. The molecule has 1 aromatic rings. The highest BCUT2D eigenvalue weighted by atomic mass is 79.9. The van der Waals surface area contributed by atoms with Crippen molar-refractivity contribution in [2.45, 2.75) is 19.4 Å². The van der Waals surface area contributed by atoms with E-state index in [0.717, 1.165) is 6.07 Å². The van der Waals surface area contributed by atoms with Crippen LogP contribution in [0.1, 0.15) is 23.7 Å². The molecule has 17 heavy (non-hydrogen) atoms. The minimum absolute atomic E-state index is 0.188. The number of hydrogen-bond acceptors (Lipinski definition) is 2. The Balaban J connectivity index is 2.94. The van der Waals surface area contributed by atoms with Gasteiger partial charge in [0.2, 0.25) is 0 Å². The molecule has 0 unspecified atom stereocenters. The summed E-state index contributed by atoms with van der Waals surface area (Å²) in [6.07, 6.45) is 0.229. The van der Waals surface area contributed by atoms with Crippen LogP contribution >= 0.6 is 15.9 Å². The SMILES string of the molecule is CC[C@@H](NC(=O)c1c(F)cccc1Br)C(=O)O. The van der Waals surface area contributed by atoms with E-state index in [2.05, 4.69) is 21.2 Å². The average molecular weight is 304 g/mol. The molecule has 92 valence electrons. The molecule has 1 rings (SSSR count). The van der Waals surface area contributed by atoms with E-state index in [1.807, 2.05) is 0 Å². The average Bonchev–Trinajstić information content (AvgIpc) is 2.25. The number of rotatable bonds is 4. The van der Waals surface area contributed by atoms with Crippen molar-refractivity contribution in [3.8, 4) is 0 Å². The van der Waals surface area contributed by atoms with Gasteiger partial charge in [-0.25, -0.2) is 9.18 Å². The van der Waals surface area contributed by atoms with Gasteiger partial charge in [-0.2, -0.15) is 0 Å². The van der Waals surface area contributed by atoms with Crippen molar-refractivity contribution in [2.24, 2.45) is 0 Å². The van der Waals surface area contributed by atoms with E-state index in [1.54, 1.807) is 6.92 Å². The van der Waals surface area contributed by atoms with Crippen molar-refractivity contribution in [1.82, 2.24) is 5.32 Å². The fourth-order valence-electron chi connectivity index (χ4n) is 1.28. The molecule has 1 atom stereocenters. The third-order valence-electron chi connectivity index (χ3n) is 2.20. The molecule has 0 heterocycles. The zero-order valence-corrected chi connectivity index (χ0v) is 10.6. The molecule has 1 aromatic carbocycles. The Bertz CT molecular complexity index is 430. The van der Waals surface area contributed by atoms with Crippen LogP contribution in [-0.4, -0.2) is 23.0 Å². The van der Waals surface area contributed by atoms with Gasteiger partial charge >= 0.3 is 5.97 Å². The van der Waals surface area contributed by atoms with E-state index in [4.69, 9.17) is 5.11 Å². The lowest BCUT2D eigenvalue weighted by molar-refractivity contribution is -0.139. The van der Waals surface area contributed by atoms with Crippen LogP contribution in [0.25, 0.3) is 0 Å². The second-order valence-corrected chi connectivity index (χ2v) is 4.22. The van der Waals surface area contributed by atoms with Crippen molar-refractivity contribution in [3.05, 3.63) is 34.1 Å². The molecule has 4 nitrogen and oxygen atoms in total. The highest BCUT2D eigenvalue weighted by Gasteiger charge is 2.22. The van der Waals surface area contributed by atoms with E-state index in [0.29, 0.717) is 0 Å². The molecule has 0 aliphatic rings. The number of aliphatic carboxylic acids is 1. The zero-order valence-electron chi connectivity index (χ0n) is 9.04. The number of carboxylic acid groups (broad SMARTS) is 1. The van der Waals surface area contributed by atoms with Gasteiger partial charge in [0, 0.05) is 4.47 Å². The van der Waals surface area contributed by atoms with E-state index in [9.17, 15) is 14.0 Å². The van der Waals surface area contributed by atoms with Crippen LogP contribution in [0.15, 0.2) is 22.7 Å². The van der Waals surface area contributed by atoms with E-state index < -0.39 is 23.7 Å². The summed E-state index contributed by atoms with van der Waals surface area (Å²) in [5.74, 6) is -2.59. The standard InChI is InChI=1S/C11H11BrFNO3/c1-2-8(11(16)17)14-10(15)9-6(12)4-3-5-7(9)13/h3-5,8H,2H2,1H3,(H,14,15)(H,16,17)/t8-/m1/s1. The fourth-order valence-corrected chi connectivity index (χ4v) is 1.81. The zero-order chi connectivity index (χ0) is 13.0. The van der Waals surface area contributed by atoms with Crippen LogP contribution < -0.4 is 5.32 Å². The molecule has 6 heteroatoms. The highest BCUT2D eigenvalue weighted by Crippen LogP contribution is 2.19. The normalized spacial score (nSPS) is 11.9. The van der Waals surface area contributed by atoms with Crippen LogP contribution in [0, 0.1) is 5.82 Å². The maximum atomic E-state index is 13.4. The Morgan fingerprint density at radius 2 is 2.18 bits per heavy atom. The van der Waals surface area contributed by atoms with Crippen LogP contribution in [0.4, 0.5) is 4.39 Å². The minimum Gasteiger partial charge on any atom is -0.480 e. The van der Waals surface area contributed by atoms with Crippen molar-refractivity contribution in [2.75, 3.05) is 0 Å². The van der Waals surface area contributed by atoms with Gasteiger partial charge in [0.25, 0.3) is 5.91 Å². The van der Waals surface area contributed by atoms with E-state index >= 15 is 0 Å². The van der Waals surface area contributed by atoms with Gasteiger partial charge in [0.15, 0.2) is 0 Å². The maximum absolute atomic E-state index is 13.4. The number of amides is 1. The first-order chi connectivity index (χ1) is 7.97. The van der Waals surface area contributed by atoms with E-state index in [1.165, 1.54) is 12.1 Å². The predicted octanol–water partition coefficient (Wildman–Crippen LogP) is 2.18. The number of halogens is 2. The predicted molar refractivity (Wildman–Crippen MR) is 63.3 cm³/mol. The molecule has 0 aromatic heterocycles. The van der Waals surface area contributed by atoms with Crippen LogP contribution in [0.5, 0.6) is 0 Å². The molecule has 1 amide bonds. The Morgan fingerprint density at radius 1 is 1.53 bits per heavy atom. The summed E-state index contributed by atoms with van der Waals surface area (Å²) >= 11 is 3.05. The van der Waals surface area contributed by atoms with Gasteiger partial charge in [-0.15, -0.1) is 0 Å². The van der Waals surface area contributed by atoms with Gasteiger partial charge in [0.1, 0.15) is 11.9 Å². The molecule has 2 N–H and O–H groups in total. The Kier molecular flexibility index (Phi) is 4.62. The number of carboxylic acids is 1. The number of carbonyl (C=O) groups is 2. The molecule has 0 aliphatic carbocycles. The molecule has 0 spiro atoms. The van der Waals surface area contributed by atoms with Gasteiger partial charge in [-0.05, 0) is 34.5 Å².